The van der Waals surface area contributed by atoms with Gasteiger partial charge in [0.15, 0.2) is 0 Å². The molecular weight excluding hydrogens is 312 g/mol. The normalized spacial score (nSPS) is 11.5. The van der Waals surface area contributed by atoms with Gasteiger partial charge in [0, 0.05) is 5.92 Å². The minimum atomic E-state index is 0.100. The number of hydrogen-bond donors (Lipinski definition) is 4. The maximum absolute atomic E-state index is 10.1. The topological polar surface area (TPSA) is 92.5 Å². The predicted octanol–water partition coefficient (Wildman–Crippen LogP) is 4.67. The molecule has 6 N–H and O–H groups in total. The van der Waals surface area contributed by atoms with E-state index >= 15 is 0 Å². The molecule has 0 aliphatic heterocycles. The average molecular weight is 342 g/mol. The molecule has 0 aromatic heterocycles. The number of phenolic OH excluding ortho intramolecular Hbond substituents is 2. The minimum Gasteiger partial charge on any atom is -0.506 e. The fourth-order valence-corrected chi connectivity index (χ4v) is 3.53. The van der Waals surface area contributed by atoms with Crippen molar-refractivity contribution in [2.75, 3.05) is 11.5 Å². The minimum absolute atomic E-state index is 0.100. The Morgan fingerprint density at radius 1 is 0.800 bits per heavy atom. The van der Waals surface area contributed by atoms with Crippen LogP contribution in [0.1, 0.15) is 59.6 Å². The van der Waals surface area contributed by atoms with Crippen molar-refractivity contribution in [1.82, 2.24) is 0 Å². The molecule has 0 saturated heterocycles. The molecule has 4 nitrogen and oxygen atoms in total. The van der Waals surface area contributed by atoms with Gasteiger partial charge in [-0.25, -0.2) is 0 Å². The first kappa shape index (κ1) is 19.0. The van der Waals surface area contributed by atoms with Crippen molar-refractivity contribution in [2.24, 2.45) is 5.92 Å². The van der Waals surface area contributed by atoms with Gasteiger partial charge < -0.3 is 21.7 Å². The first-order valence-corrected chi connectivity index (χ1v) is 8.73. The second-order valence-electron chi connectivity index (χ2n) is 7.52. The summed E-state index contributed by atoms with van der Waals surface area (Å²) in [4.78, 5) is 0. The van der Waals surface area contributed by atoms with Gasteiger partial charge in [-0.2, -0.15) is 0 Å². The number of nitrogens with two attached hydrogens (primary N) is 2. The molecule has 0 spiro atoms. The lowest BCUT2D eigenvalue weighted by atomic mass is 9.79. The van der Waals surface area contributed by atoms with Crippen LogP contribution in [0.3, 0.4) is 0 Å². The summed E-state index contributed by atoms with van der Waals surface area (Å²) in [5.74, 6) is 0.878. The number of nitrogen functional groups attached to an aromatic ring is 2. The standard InChI is InChI=1S/C21H30N2O2/c1-10(2)7-17(15-8-11(3)20(24)18(22)13(15)5)16-9-12(4)21(25)19(23)14(16)6/h8-10,17,24-25H,7,22-23H2,1-6H3. The van der Waals surface area contributed by atoms with Gasteiger partial charge >= 0.3 is 0 Å². The zero-order chi connectivity index (χ0) is 19.0. The Hall–Kier alpha value is -2.36. The van der Waals surface area contributed by atoms with Crippen molar-refractivity contribution in [2.45, 2.75) is 53.9 Å². The van der Waals surface area contributed by atoms with E-state index in [1.54, 1.807) is 0 Å². The van der Waals surface area contributed by atoms with Crippen LogP contribution in [0.5, 0.6) is 11.5 Å². The van der Waals surface area contributed by atoms with Gasteiger partial charge in [-0.15, -0.1) is 0 Å². The van der Waals surface area contributed by atoms with E-state index < -0.39 is 0 Å². The molecule has 0 aliphatic carbocycles. The SMILES string of the molecule is Cc1cc(C(CC(C)C)c2cc(C)c(O)c(N)c2C)c(C)c(N)c1O. The summed E-state index contributed by atoms with van der Waals surface area (Å²) < 4.78 is 0. The summed E-state index contributed by atoms with van der Waals surface area (Å²) in [6.07, 6.45) is 0.926. The van der Waals surface area contributed by atoms with Crippen LogP contribution < -0.4 is 11.5 Å². The highest BCUT2D eigenvalue weighted by molar-refractivity contribution is 5.68. The molecule has 0 aliphatic rings. The third-order valence-corrected chi connectivity index (χ3v) is 5.13. The molecule has 2 aromatic rings. The van der Waals surface area contributed by atoms with Crippen LogP contribution >= 0.6 is 0 Å². The van der Waals surface area contributed by atoms with Crippen LogP contribution in [0.2, 0.25) is 0 Å². The van der Waals surface area contributed by atoms with Crippen LogP contribution in [0.4, 0.5) is 11.4 Å². The Morgan fingerprint density at radius 2 is 1.16 bits per heavy atom. The molecular formula is C21H30N2O2. The van der Waals surface area contributed by atoms with E-state index in [1.807, 2.05) is 39.8 Å². The van der Waals surface area contributed by atoms with Gasteiger partial charge in [0.2, 0.25) is 0 Å². The number of aryl methyl sites for hydroxylation is 2. The van der Waals surface area contributed by atoms with Crippen LogP contribution in [-0.4, -0.2) is 10.2 Å². The molecule has 2 rings (SSSR count). The molecule has 4 heteroatoms. The van der Waals surface area contributed by atoms with Gasteiger partial charge in [-0.05, 0) is 73.4 Å². The van der Waals surface area contributed by atoms with Crippen molar-refractivity contribution in [3.63, 3.8) is 0 Å². The van der Waals surface area contributed by atoms with Gasteiger partial charge in [0.05, 0.1) is 11.4 Å². The fraction of sp³-hybridized carbons (Fsp3) is 0.429. The van der Waals surface area contributed by atoms with Gasteiger partial charge in [-0.3, -0.25) is 0 Å². The fourth-order valence-electron chi connectivity index (χ4n) is 3.53. The quantitative estimate of drug-likeness (QED) is 0.480. The summed E-state index contributed by atoms with van der Waals surface area (Å²) >= 11 is 0. The van der Waals surface area contributed by atoms with E-state index in [0.29, 0.717) is 17.3 Å². The Bertz CT molecular complexity index is 747. The zero-order valence-corrected chi connectivity index (χ0v) is 16.1. The van der Waals surface area contributed by atoms with Gasteiger partial charge in [-0.1, -0.05) is 26.0 Å². The Kier molecular flexibility index (Phi) is 5.21. The molecule has 2 aromatic carbocycles. The Labute approximate surface area is 150 Å². The molecule has 0 heterocycles. The molecule has 25 heavy (non-hydrogen) atoms. The number of aromatic hydroxyl groups is 2. The lowest BCUT2D eigenvalue weighted by Crippen LogP contribution is -2.12. The number of phenols is 2. The lowest BCUT2D eigenvalue weighted by molar-refractivity contribution is 0.471. The highest BCUT2D eigenvalue weighted by Gasteiger charge is 2.24. The van der Waals surface area contributed by atoms with E-state index in [9.17, 15) is 10.2 Å². The molecule has 0 atom stereocenters. The predicted molar refractivity (Wildman–Crippen MR) is 105 cm³/mol. The maximum atomic E-state index is 10.1. The van der Waals surface area contributed by atoms with Crippen LogP contribution in [-0.2, 0) is 0 Å². The Balaban J connectivity index is 2.76. The number of anilines is 2. The van der Waals surface area contributed by atoms with Crippen molar-refractivity contribution in [3.8, 4) is 11.5 Å². The number of benzene rings is 2. The van der Waals surface area contributed by atoms with Crippen LogP contribution in [0, 0.1) is 33.6 Å². The first-order chi connectivity index (χ1) is 11.6. The van der Waals surface area contributed by atoms with E-state index in [4.69, 9.17) is 11.5 Å². The average Bonchev–Trinajstić information content (AvgIpc) is 2.55. The van der Waals surface area contributed by atoms with Gasteiger partial charge in [0.1, 0.15) is 11.5 Å². The van der Waals surface area contributed by atoms with Crippen LogP contribution in [0.25, 0.3) is 0 Å². The highest BCUT2D eigenvalue weighted by Crippen LogP contribution is 2.43. The summed E-state index contributed by atoms with van der Waals surface area (Å²) in [6, 6.07) is 4.04. The summed E-state index contributed by atoms with van der Waals surface area (Å²) in [7, 11) is 0. The van der Waals surface area contributed by atoms with E-state index in [2.05, 4.69) is 13.8 Å². The number of hydrogen-bond acceptors (Lipinski definition) is 4. The zero-order valence-electron chi connectivity index (χ0n) is 16.1. The summed E-state index contributed by atoms with van der Waals surface area (Å²) in [5.41, 5.74) is 18.7. The second kappa shape index (κ2) is 6.87. The summed E-state index contributed by atoms with van der Waals surface area (Å²) in [5, 5.41) is 20.3. The molecule has 136 valence electrons. The molecule has 0 bridgehead atoms. The van der Waals surface area contributed by atoms with Crippen molar-refractivity contribution >= 4 is 11.4 Å². The Morgan fingerprint density at radius 3 is 1.48 bits per heavy atom. The molecule has 0 saturated carbocycles. The molecule has 0 radical (unpaired) electrons. The first-order valence-electron chi connectivity index (χ1n) is 8.73. The lowest BCUT2D eigenvalue weighted by Gasteiger charge is -2.27. The second-order valence-corrected chi connectivity index (χ2v) is 7.52. The summed E-state index contributed by atoms with van der Waals surface area (Å²) in [6.45, 7) is 12.0. The molecule has 0 amide bonds. The van der Waals surface area contributed by atoms with Crippen molar-refractivity contribution in [1.29, 1.82) is 0 Å². The van der Waals surface area contributed by atoms with Crippen LogP contribution in [0.15, 0.2) is 12.1 Å². The number of rotatable bonds is 4. The smallest absolute Gasteiger partial charge is 0.141 e. The largest absolute Gasteiger partial charge is 0.506 e. The molecule has 0 fully saturated rings. The monoisotopic (exact) mass is 342 g/mol. The third kappa shape index (κ3) is 3.39. The molecule has 0 unspecified atom stereocenters. The van der Waals surface area contributed by atoms with E-state index in [-0.39, 0.29) is 17.4 Å². The van der Waals surface area contributed by atoms with Crippen molar-refractivity contribution in [3.05, 3.63) is 45.5 Å². The maximum Gasteiger partial charge on any atom is 0.141 e. The van der Waals surface area contributed by atoms with Crippen molar-refractivity contribution < 1.29 is 10.2 Å². The third-order valence-electron chi connectivity index (χ3n) is 5.13. The van der Waals surface area contributed by atoms with E-state index in [0.717, 1.165) is 39.8 Å². The van der Waals surface area contributed by atoms with E-state index in [1.165, 1.54) is 0 Å². The van der Waals surface area contributed by atoms with Gasteiger partial charge in [0.25, 0.3) is 0 Å². The highest BCUT2D eigenvalue weighted by atomic mass is 16.3.